The van der Waals surface area contributed by atoms with Crippen LogP contribution in [-0.2, 0) is 21.1 Å². The van der Waals surface area contributed by atoms with Crippen LogP contribution in [0.4, 0.5) is 0 Å². The summed E-state index contributed by atoms with van der Waals surface area (Å²) in [6.07, 6.45) is 0.369. The molecule has 0 aliphatic carbocycles. The van der Waals surface area contributed by atoms with Gasteiger partial charge in [0.25, 0.3) is 0 Å². The van der Waals surface area contributed by atoms with E-state index < -0.39 is 15.8 Å². The zero-order valence-corrected chi connectivity index (χ0v) is 13.1. The molecular weight excluding hydrogens is 294 g/mol. The Bertz CT molecular complexity index is 649. The van der Waals surface area contributed by atoms with Gasteiger partial charge in [0.15, 0.2) is 9.84 Å². The predicted molar refractivity (Wildman–Crippen MR) is 78.1 cm³/mol. The Kier molecular flexibility index (Phi) is 5.48. The SMILES string of the molecule is CCc1ccc(S(=O)(=O)CCC(=O)N(C)C)cc1C(=O)O. The summed E-state index contributed by atoms with van der Waals surface area (Å²) in [4.78, 5) is 23.9. The van der Waals surface area contributed by atoms with Gasteiger partial charge in [0.2, 0.25) is 5.91 Å². The number of amides is 1. The molecule has 0 aromatic heterocycles. The van der Waals surface area contributed by atoms with Crippen LogP contribution in [0.2, 0.25) is 0 Å². The third-order valence-corrected chi connectivity index (χ3v) is 4.85. The van der Waals surface area contributed by atoms with Crippen LogP contribution in [0.25, 0.3) is 0 Å². The summed E-state index contributed by atoms with van der Waals surface area (Å²) in [6.45, 7) is 1.80. The lowest BCUT2D eigenvalue weighted by Crippen LogP contribution is -2.24. The standard InChI is InChI=1S/C14H19NO5S/c1-4-10-5-6-11(9-12(10)14(17)18)21(19,20)8-7-13(16)15(2)3/h5-6,9H,4,7-8H2,1-3H3,(H,17,18). The second-order valence-electron chi connectivity index (χ2n) is 4.83. The topological polar surface area (TPSA) is 91.8 Å². The Hall–Kier alpha value is -1.89. The number of carbonyl (C=O) groups is 2. The molecule has 0 saturated heterocycles. The number of hydrogen-bond donors (Lipinski definition) is 1. The molecular formula is C14H19NO5S. The molecule has 0 fully saturated rings. The van der Waals surface area contributed by atoms with Gasteiger partial charge < -0.3 is 10.0 Å². The van der Waals surface area contributed by atoms with Crippen molar-refractivity contribution in [3.05, 3.63) is 29.3 Å². The van der Waals surface area contributed by atoms with Crippen molar-refractivity contribution >= 4 is 21.7 Å². The summed E-state index contributed by atoms with van der Waals surface area (Å²) in [7, 11) is -0.582. The maximum Gasteiger partial charge on any atom is 0.336 e. The summed E-state index contributed by atoms with van der Waals surface area (Å²) in [6, 6.07) is 4.06. The second kappa shape index (κ2) is 6.71. The molecule has 1 aromatic carbocycles. The summed E-state index contributed by atoms with van der Waals surface area (Å²) in [5.41, 5.74) is 0.559. The average Bonchev–Trinajstić information content (AvgIpc) is 2.43. The molecule has 0 aliphatic heterocycles. The van der Waals surface area contributed by atoms with Crippen LogP contribution < -0.4 is 0 Å². The Balaban J connectivity index is 3.06. The Morgan fingerprint density at radius 3 is 2.33 bits per heavy atom. The zero-order valence-electron chi connectivity index (χ0n) is 12.3. The summed E-state index contributed by atoms with van der Waals surface area (Å²) in [5.74, 6) is -1.79. The average molecular weight is 313 g/mol. The van der Waals surface area contributed by atoms with Crippen LogP contribution in [0.5, 0.6) is 0 Å². The number of carboxylic acids is 1. The summed E-state index contributed by atoms with van der Waals surface area (Å²) >= 11 is 0. The van der Waals surface area contributed by atoms with Crippen molar-refractivity contribution in [1.29, 1.82) is 0 Å². The zero-order chi connectivity index (χ0) is 16.2. The molecule has 7 heteroatoms. The van der Waals surface area contributed by atoms with Gasteiger partial charge in [-0.25, -0.2) is 13.2 Å². The maximum atomic E-state index is 12.2. The monoisotopic (exact) mass is 313 g/mol. The van der Waals surface area contributed by atoms with Crippen LogP contribution in [0.1, 0.15) is 29.3 Å². The molecule has 1 rings (SSSR count). The minimum atomic E-state index is -3.68. The Labute approximate surface area is 124 Å². The van der Waals surface area contributed by atoms with Crippen molar-refractivity contribution in [2.24, 2.45) is 0 Å². The first-order chi connectivity index (χ1) is 9.69. The molecule has 0 atom stereocenters. The molecule has 1 aromatic rings. The largest absolute Gasteiger partial charge is 0.478 e. The third kappa shape index (κ3) is 4.29. The van der Waals surface area contributed by atoms with Crippen molar-refractivity contribution in [3.8, 4) is 0 Å². The number of nitrogens with zero attached hydrogens (tertiary/aromatic N) is 1. The molecule has 0 bridgehead atoms. The number of benzene rings is 1. The fourth-order valence-electron chi connectivity index (χ4n) is 1.82. The summed E-state index contributed by atoms with van der Waals surface area (Å²) in [5, 5.41) is 9.12. The van der Waals surface area contributed by atoms with Gasteiger partial charge >= 0.3 is 5.97 Å². The molecule has 1 N–H and O–H groups in total. The summed E-state index contributed by atoms with van der Waals surface area (Å²) < 4.78 is 24.3. The minimum Gasteiger partial charge on any atom is -0.478 e. The van der Waals surface area contributed by atoms with Gasteiger partial charge in [0.05, 0.1) is 16.2 Å². The molecule has 0 unspecified atom stereocenters. The van der Waals surface area contributed by atoms with Gasteiger partial charge in [0.1, 0.15) is 0 Å². The van der Waals surface area contributed by atoms with E-state index in [9.17, 15) is 18.0 Å². The molecule has 0 heterocycles. The fraction of sp³-hybridized carbons (Fsp3) is 0.429. The van der Waals surface area contributed by atoms with Crippen molar-refractivity contribution in [2.45, 2.75) is 24.7 Å². The number of rotatable bonds is 6. The molecule has 6 nitrogen and oxygen atoms in total. The molecule has 0 radical (unpaired) electrons. The minimum absolute atomic E-state index is 0.0162. The molecule has 0 saturated carbocycles. The van der Waals surface area contributed by atoms with Gasteiger partial charge in [-0.1, -0.05) is 13.0 Å². The van der Waals surface area contributed by atoms with E-state index in [2.05, 4.69) is 0 Å². The first-order valence-electron chi connectivity index (χ1n) is 6.48. The quantitative estimate of drug-likeness (QED) is 0.852. The van der Waals surface area contributed by atoms with Gasteiger partial charge in [0, 0.05) is 20.5 Å². The Morgan fingerprint density at radius 1 is 1.24 bits per heavy atom. The molecule has 0 aliphatic rings. The number of carbonyl (C=O) groups excluding carboxylic acids is 1. The van der Waals surface area contributed by atoms with E-state index in [0.717, 1.165) is 6.07 Å². The molecule has 116 valence electrons. The first-order valence-corrected chi connectivity index (χ1v) is 8.13. The first kappa shape index (κ1) is 17.2. The van der Waals surface area contributed by atoms with Crippen molar-refractivity contribution in [1.82, 2.24) is 4.90 Å². The lowest BCUT2D eigenvalue weighted by atomic mass is 10.1. The van der Waals surface area contributed by atoms with Gasteiger partial charge in [-0.2, -0.15) is 0 Å². The van der Waals surface area contributed by atoms with Crippen LogP contribution in [0.3, 0.4) is 0 Å². The number of carboxylic acid groups (broad SMARTS) is 1. The highest BCUT2D eigenvalue weighted by atomic mass is 32.2. The lowest BCUT2D eigenvalue weighted by molar-refractivity contribution is -0.128. The van der Waals surface area contributed by atoms with E-state index in [1.807, 2.05) is 0 Å². The lowest BCUT2D eigenvalue weighted by Gasteiger charge is -2.11. The normalized spacial score (nSPS) is 11.2. The van der Waals surface area contributed by atoms with Crippen LogP contribution in [-0.4, -0.2) is 50.1 Å². The fourth-order valence-corrected chi connectivity index (χ4v) is 3.07. The highest BCUT2D eigenvalue weighted by molar-refractivity contribution is 7.91. The van der Waals surface area contributed by atoms with Crippen molar-refractivity contribution in [2.75, 3.05) is 19.8 Å². The highest BCUT2D eigenvalue weighted by Gasteiger charge is 2.20. The smallest absolute Gasteiger partial charge is 0.336 e. The maximum absolute atomic E-state index is 12.2. The van der Waals surface area contributed by atoms with Gasteiger partial charge in [-0.15, -0.1) is 0 Å². The second-order valence-corrected chi connectivity index (χ2v) is 6.94. The van der Waals surface area contributed by atoms with Crippen molar-refractivity contribution < 1.29 is 23.1 Å². The number of hydrogen-bond acceptors (Lipinski definition) is 4. The van der Waals surface area contributed by atoms with E-state index in [0.29, 0.717) is 12.0 Å². The van der Waals surface area contributed by atoms with Crippen LogP contribution in [0.15, 0.2) is 23.1 Å². The predicted octanol–water partition coefficient (Wildman–Crippen LogP) is 1.20. The molecule has 0 spiro atoms. The molecule has 21 heavy (non-hydrogen) atoms. The van der Waals surface area contributed by atoms with Crippen LogP contribution >= 0.6 is 0 Å². The van der Waals surface area contributed by atoms with Crippen LogP contribution in [0, 0.1) is 0 Å². The van der Waals surface area contributed by atoms with E-state index >= 15 is 0 Å². The van der Waals surface area contributed by atoms with E-state index in [1.165, 1.54) is 17.0 Å². The number of aryl methyl sites for hydroxylation is 1. The highest BCUT2D eigenvalue weighted by Crippen LogP contribution is 2.19. The van der Waals surface area contributed by atoms with Gasteiger partial charge in [-0.3, -0.25) is 4.79 Å². The number of sulfone groups is 1. The van der Waals surface area contributed by atoms with E-state index in [1.54, 1.807) is 21.0 Å². The molecule has 1 amide bonds. The van der Waals surface area contributed by atoms with E-state index in [-0.39, 0.29) is 28.5 Å². The van der Waals surface area contributed by atoms with E-state index in [4.69, 9.17) is 5.11 Å². The third-order valence-electron chi connectivity index (χ3n) is 3.14. The Morgan fingerprint density at radius 2 is 1.86 bits per heavy atom. The van der Waals surface area contributed by atoms with Crippen molar-refractivity contribution in [3.63, 3.8) is 0 Å². The number of aromatic carboxylic acids is 1. The van der Waals surface area contributed by atoms with Gasteiger partial charge in [-0.05, 0) is 24.1 Å².